The average molecular weight is 268 g/mol. The van der Waals surface area contributed by atoms with Gasteiger partial charge in [-0.05, 0) is 62.4 Å². The normalized spacial score (nSPS) is 22.3. The summed E-state index contributed by atoms with van der Waals surface area (Å²) in [6, 6.07) is 8.72. The summed E-state index contributed by atoms with van der Waals surface area (Å²) < 4.78 is 1.20. The van der Waals surface area contributed by atoms with E-state index in [2.05, 4.69) is 45.5 Å². The van der Waals surface area contributed by atoms with Crippen LogP contribution in [0.5, 0.6) is 0 Å². The predicted octanol–water partition coefficient (Wildman–Crippen LogP) is 3.38. The lowest BCUT2D eigenvalue weighted by atomic mass is 9.93. The minimum absolute atomic E-state index is 0.870. The maximum absolute atomic E-state index is 3.53. The molecule has 1 N–H and O–H groups in total. The number of nitrogens with one attached hydrogen (secondary N) is 1. The molecule has 0 bridgehead atoms. The van der Waals surface area contributed by atoms with E-state index >= 15 is 0 Å². The van der Waals surface area contributed by atoms with Gasteiger partial charge in [-0.3, -0.25) is 0 Å². The van der Waals surface area contributed by atoms with Crippen molar-refractivity contribution >= 4 is 15.9 Å². The first-order chi connectivity index (χ1) is 7.34. The molecule has 15 heavy (non-hydrogen) atoms. The lowest BCUT2D eigenvalue weighted by Gasteiger charge is -2.13. The highest BCUT2D eigenvalue weighted by Gasteiger charge is 2.12. The number of hydrogen-bond donors (Lipinski definition) is 1. The fourth-order valence-electron chi connectivity index (χ4n) is 2.29. The quantitative estimate of drug-likeness (QED) is 0.867. The second-order valence-corrected chi connectivity index (χ2v) is 5.30. The maximum Gasteiger partial charge on any atom is 0.0177 e. The number of rotatable bonds is 2. The summed E-state index contributed by atoms with van der Waals surface area (Å²) in [5, 5.41) is 3.47. The van der Waals surface area contributed by atoms with Gasteiger partial charge < -0.3 is 5.32 Å². The summed E-state index contributed by atoms with van der Waals surface area (Å²) in [6.45, 7) is 2.40. The van der Waals surface area contributed by atoms with Gasteiger partial charge in [0.25, 0.3) is 0 Å². The zero-order valence-corrected chi connectivity index (χ0v) is 10.6. The third kappa shape index (κ3) is 3.62. The Morgan fingerprint density at radius 3 is 3.07 bits per heavy atom. The van der Waals surface area contributed by atoms with Gasteiger partial charge in [-0.1, -0.05) is 28.1 Å². The third-order valence-electron chi connectivity index (χ3n) is 3.11. The molecule has 1 fully saturated rings. The van der Waals surface area contributed by atoms with E-state index < -0.39 is 0 Å². The zero-order chi connectivity index (χ0) is 10.5. The average Bonchev–Trinajstić information content (AvgIpc) is 2.46. The monoisotopic (exact) mass is 267 g/mol. The first kappa shape index (κ1) is 11.2. The molecule has 1 unspecified atom stereocenters. The zero-order valence-electron chi connectivity index (χ0n) is 9.01. The van der Waals surface area contributed by atoms with Gasteiger partial charge in [0.1, 0.15) is 0 Å². The van der Waals surface area contributed by atoms with Crippen LogP contribution < -0.4 is 5.32 Å². The van der Waals surface area contributed by atoms with Crippen LogP contribution in [-0.4, -0.2) is 13.1 Å². The Bertz CT molecular complexity index is 303. The molecule has 1 heterocycles. The first-order valence-electron chi connectivity index (χ1n) is 5.80. The molecular formula is C13H18BrN. The Morgan fingerprint density at radius 2 is 2.20 bits per heavy atom. The van der Waals surface area contributed by atoms with E-state index in [1.165, 1.54) is 48.8 Å². The van der Waals surface area contributed by atoms with Gasteiger partial charge in [0.2, 0.25) is 0 Å². The highest BCUT2D eigenvalue weighted by atomic mass is 79.9. The standard InChI is InChI=1S/C13H18BrN/c14-13-5-1-3-12(10-13)9-11-4-2-7-15-8-6-11/h1,3,5,10-11,15H,2,4,6-9H2. The molecule has 0 aliphatic carbocycles. The van der Waals surface area contributed by atoms with Crippen molar-refractivity contribution in [1.82, 2.24) is 5.32 Å². The maximum atomic E-state index is 3.53. The van der Waals surface area contributed by atoms with Gasteiger partial charge in [-0.15, -0.1) is 0 Å². The summed E-state index contributed by atoms with van der Waals surface area (Å²) >= 11 is 3.53. The van der Waals surface area contributed by atoms with E-state index in [0.29, 0.717) is 0 Å². The van der Waals surface area contributed by atoms with Crippen molar-refractivity contribution in [2.45, 2.75) is 25.7 Å². The molecule has 1 aliphatic rings. The van der Waals surface area contributed by atoms with Gasteiger partial charge >= 0.3 is 0 Å². The minimum Gasteiger partial charge on any atom is -0.317 e. The van der Waals surface area contributed by atoms with Crippen molar-refractivity contribution in [3.8, 4) is 0 Å². The van der Waals surface area contributed by atoms with E-state index in [4.69, 9.17) is 0 Å². The second-order valence-electron chi connectivity index (χ2n) is 4.38. The highest BCUT2D eigenvalue weighted by molar-refractivity contribution is 9.10. The summed E-state index contributed by atoms with van der Waals surface area (Å²) in [7, 11) is 0. The SMILES string of the molecule is Brc1cccc(CC2CCCNCC2)c1. The van der Waals surface area contributed by atoms with Crippen LogP contribution in [0.1, 0.15) is 24.8 Å². The van der Waals surface area contributed by atoms with Crippen LogP contribution in [0.15, 0.2) is 28.7 Å². The van der Waals surface area contributed by atoms with E-state index in [1.807, 2.05) is 0 Å². The van der Waals surface area contributed by atoms with Crippen molar-refractivity contribution in [3.05, 3.63) is 34.3 Å². The summed E-state index contributed by atoms with van der Waals surface area (Å²) in [5.41, 5.74) is 1.47. The van der Waals surface area contributed by atoms with Gasteiger partial charge in [-0.2, -0.15) is 0 Å². The van der Waals surface area contributed by atoms with Crippen LogP contribution in [-0.2, 0) is 6.42 Å². The van der Waals surface area contributed by atoms with Gasteiger partial charge in [-0.25, -0.2) is 0 Å². The van der Waals surface area contributed by atoms with Crippen LogP contribution in [0, 0.1) is 5.92 Å². The molecule has 2 heteroatoms. The topological polar surface area (TPSA) is 12.0 Å². The first-order valence-corrected chi connectivity index (χ1v) is 6.59. The Kier molecular flexibility index (Phi) is 4.21. The van der Waals surface area contributed by atoms with E-state index in [9.17, 15) is 0 Å². The van der Waals surface area contributed by atoms with Gasteiger partial charge in [0.15, 0.2) is 0 Å². The molecule has 0 saturated carbocycles. The van der Waals surface area contributed by atoms with Crippen molar-refractivity contribution in [2.24, 2.45) is 5.92 Å². The van der Waals surface area contributed by atoms with E-state index in [1.54, 1.807) is 0 Å². The van der Waals surface area contributed by atoms with E-state index in [0.717, 1.165) is 5.92 Å². The molecule has 0 radical (unpaired) electrons. The molecule has 1 aromatic rings. The molecule has 1 aliphatic heterocycles. The van der Waals surface area contributed by atoms with Crippen molar-refractivity contribution in [2.75, 3.05) is 13.1 Å². The lowest BCUT2D eigenvalue weighted by molar-refractivity contribution is 0.470. The van der Waals surface area contributed by atoms with Crippen molar-refractivity contribution < 1.29 is 0 Å². The smallest absolute Gasteiger partial charge is 0.0177 e. The summed E-state index contributed by atoms with van der Waals surface area (Å²) in [4.78, 5) is 0. The molecule has 1 nitrogen and oxygen atoms in total. The Balaban J connectivity index is 1.95. The van der Waals surface area contributed by atoms with Crippen LogP contribution >= 0.6 is 15.9 Å². The summed E-state index contributed by atoms with van der Waals surface area (Å²) in [5.74, 6) is 0.870. The molecule has 1 saturated heterocycles. The Hall–Kier alpha value is -0.340. The molecule has 0 amide bonds. The molecule has 2 rings (SSSR count). The minimum atomic E-state index is 0.870. The van der Waals surface area contributed by atoms with Crippen LogP contribution in [0.3, 0.4) is 0 Å². The van der Waals surface area contributed by atoms with Gasteiger partial charge in [0.05, 0.1) is 0 Å². The highest BCUT2D eigenvalue weighted by Crippen LogP contribution is 2.21. The molecular weight excluding hydrogens is 250 g/mol. The van der Waals surface area contributed by atoms with Crippen molar-refractivity contribution in [1.29, 1.82) is 0 Å². The number of hydrogen-bond acceptors (Lipinski definition) is 1. The van der Waals surface area contributed by atoms with E-state index in [-0.39, 0.29) is 0 Å². The Labute approximate surface area is 100 Å². The van der Waals surface area contributed by atoms with Crippen LogP contribution in [0.2, 0.25) is 0 Å². The second kappa shape index (κ2) is 5.66. The van der Waals surface area contributed by atoms with Crippen molar-refractivity contribution in [3.63, 3.8) is 0 Å². The lowest BCUT2D eigenvalue weighted by Crippen LogP contribution is -2.14. The third-order valence-corrected chi connectivity index (χ3v) is 3.60. The number of benzene rings is 1. The Morgan fingerprint density at radius 1 is 1.27 bits per heavy atom. The molecule has 0 spiro atoms. The summed E-state index contributed by atoms with van der Waals surface area (Å²) in [6.07, 6.45) is 5.27. The largest absolute Gasteiger partial charge is 0.317 e. The fourth-order valence-corrected chi connectivity index (χ4v) is 2.74. The molecule has 82 valence electrons. The van der Waals surface area contributed by atoms with Crippen LogP contribution in [0.4, 0.5) is 0 Å². The molecule has 1 atom stereocenters. The van der Waals surface area contributed by atoms with Crippen LogP contribution in [0.25, 0.3) is 0 Å². The molecule has 1 aromatic carbocycles. The number of halogens is 1. The fraction of sp³-hybridized carbons (Fsp3) is 0.538. The predicted molar refractivity (Wildman–Crippen MR) is 68.1 cm³/mol. The van der Waals surface area contributed by atoms with Gasteiger partial charge in [0, 0.05) is 4.47 Å². The molecule has 0 aromatic heterocycles.